The number of pyridine rings is 1. The van der Waals surface area contributed by atoms with Gasteiger partial charge in [0, 0.05) is 17.1 Å². The van der Waals surface area contributed by atoms with E-state index < -0.39 is 0 Å². The van der Waals surface area contributed by atoms with Gasteiger partial charge < -0.3 is 11.1 Å². The summed E-state index contributed by atoms with van der Waals surface area (Å²) < 4.78 is 13.3. The molecule has 0 aliphatic heterocycles. The van der Waals surface area contributed by atoms with Crippen molar-refractivity contribution in [2.45, 2.75) is 19.3 Å². The van der Waals surface area contributed by atoms with E-state index in [1.165, 1.54) is 12.3 Å². The molecule has 0 fully saturated rings. The van der Waals surface area contributed by atoms with Gasteiger partial charge in [0.15, 0.2) is 5.82 Å². The lowest BCUT2D eigenvalue weighted by Crippen LogP contribution is -2.14. The molecule has 0 radical (unpaired) electrons. The number of benzene rings is 1. The van der Waals surface area contributed by atoms with Crippen molar-refractivity contribution in [1.29, 1.82) is 0 Å². The second kappa shape index (κ2) is 7.69. The Hall–Kier alpha value is -3.39. The zero-order valence-corrected chi connectivity index (χ0v) is 15.4. The predicted octanol–water partition coefficient (Wildman–Crippen LogP) is 3.42. The molecule has 3 aromatic heterocycles. The van der Waals surface area contributed by atoms with Crippen molar-refractivity contribution in [2.24, 2.45) is 5.73 Å². The van der Waals surface area contributed by atoms with Crippen LogP contribution in [0.3, 0.4) is 0 Å². The molecule has 0 spiro atoms. The summed E-state index contributed by atoms with van der Waals surface area (Å²) in [6, 6.07) is 12.7. The lowest BCUT2D eigenvalue weighted by atomic mass is 9.99. The van der Waals surface area contributed by atoms with Crippen LogP contribution in [0.25, 0.3) is 10.9 Å². The molecule has 0 amide bonds. The molecule has 4 rings (SSSR count). The molecule has 4 N–H and O–H groups in total. The first-order chi connectivity index (χ1) is 13.6. The van der Waals surface area contributed by atoms with Gasteiger partial charge in [-0.05, 0) is 44.2 Å². The van der Waals surface area contributed by atoms with Crippen molar-refractivity contribution in [1.82, 2.24) is 25.1 Å². The largest absolute Gasteiger partial charge is 0.330 e. The van der Waals surface area contributed by atoms with Crippen molar-refractivity contribution < 1.29 is 4.39 Å². The number of aromatic amines is 1. The van der Waals surface area contributed by atoms with Gasteiger partial charge in [0.2, 0.25) is 0 Å². The van der Waals surface area contributed by atoms with Crippen LogP contribution in [0.2, 0.25) is 0 Å². The van der Waals surface area contributed by atoms with E-state index in [0.29, 0.717) is 36.1 Å². The standard InChI is InChI=1S/C20H20FN7/c1-12-10-18(28-27-12)25-20-14-4-2-3-5-17(14)24-19(26-20)15(8-9-22)16-7-6-13(21)11-23-16/h2-7,10-11,15H,8-9,22H2,1H3,(H2,24,25,26,27,28)/t15-/m1/s1. The SMILES string of the molecule is Cc1cc(Nc2nc([C@H](CCN)c3ccc(F)cn3)nc3ccccc23)n[nH]1. The topological polar surface area (TPSA) is 105 Å². The van der Waals surface area contributed by atoms with Crippen LogP contribution in [0.15, 0.2) is 48.7 Å². The van der Waals surface area contributed by atoms with Gasteiger partial charge in [-0.1, -0.05) is 12.1 Å². The fourth-order valence-corrected chi connectivity index (χ4v) is 3.12. The van der Waals surface area contributed by atoms with E-state index in [1.54, 1.807) is 6.07 Å². The van der Waals surface area contributed by atoms with Crippen LogP contribution >= 0.6 is 0 Å². The van der Waals surface area contributed by atoms with Crippen molar-refractivity contribution in [2.75, 3.05) is 11.9 Å². The van der Waals surface area contributed by atoms with Gasteiger partial charge in [0.1, 0.15) is 17.5 Å². The Morgan fingerprint density at radius 3 is 2.75 bits per heavy atom. The Kier molecular flexibility index (Phi) is 4.94. The summed E-state index contributed by atoms with van der Waals surface area (Å²) in [6.45, 7) is 2.36. The highest BCUT2D eigenvalue weighted by molar-refractivity contribution is 5.90. The predicted molar refractivity (Wildman–Crippen MR) is 106 cm³/mol. The summed E-state index contributed by atoms with van der Waals surface area (Å²) in [5, 5.41) is 11.3. The van der Waals surface area contributed by atoms with Crippen LogP contribution in [-0.2, 0) is 0 Å². The summed E-state index contributed by atoms with van der Waals surface area (Å²) in [5.41, 5.74) is 8.25. The number of rotatable bonds is 6. The summed E-state index contributed by atoms with van der Waals surface area (Å²) in [4.78, 5) is 13.7. The summed E-state index contributed by atoms with van der Waals surface area (Å²) >= 11 is 0. The van der Waals surface area contributed by atoms with Crippen molar-refractivity contribution in [3.05, 3.63) is 71.7 Å². The minimum absolute atomic E-state index is 0.239. The van der Waals surface area contributed by atoms with Gasteiger partial charge in [-0.2, -0.15) is 5.10 Å². The van der Waals surface area contributed by atoms with Gasteiger partial charge in [-0.3, -0.25) is 10.1 Å². The van der Waals surface area contributed by atoms with Crippen LogP contribution in [0.1, 0.15) is 29.6 Å². The molecular weight excluding hydrogens is 357 g/mol. The van der Waals surface area contributed by atoms with Gasteiger partial charge in [-0.15, -0.1) is 0 Å². The van der Waals surface area contributed by atoms with Crippen molar-refractivity contribution in [3.8, 4) is 0 Å². The van der Waals surface area contributed by atoms with Crippen LogP contribution in [0.4, 0.5) is 16.0 Å². The molecule has 1 atom stereocenters. The highest BCUT2D eigenvalue weighted by atomic mass is 19.1. The summed E-state index contributed by atoms with van der Waals surface area (Å²) in [5.74, 6) is 1.28. The maximum atomic E-state index is 13.3. The second-order valence-corrected chi connectivity index (χ2v) is 6.54. The molecule has 0 aliphatic carbocycles. The van der Waals surface area contributed by atoms with E-state index in [-0.39, 0.29) is 11.7 Å². The number of nitrogens with zero attached hydrogens (tertiary/aromatic N) is 4. The van der Waals surface area contributed by atoms with E-state index in [4.69, 9.17) is 15.7 Å². The monoisotopic (exact) mass is 377 g/mol. The average Bonchev–Trinajstić information content (AvgIpc) is 3.11. The van der Waals surface area contributed by atoms with Crippen LogP contribution in [0.5, 0.6) is 0 Å². The molecule has 0 bridgehead atoms. The van der Waals surface area contributed by atoms with E-state index in [1.807, 2.05) is 37.3 Å². The van der Waals surface area contributed by atoms with Crippen molar-refractivity contribution in [3.63, 3.8) is 0 Å². The Bertz CT molecular complexity index is 1090. The number of H-pyrrole nitrogens is 1. The third-order valence-electron chi connectivity index (χ3n) is 4.45. The molecular formula is C20H20FN7. The molecule has 0 unspecified atom stereocenters. The Balaban J connectivity index is 1.82. The maximum absolute atomic E-state index is 13.3. The van der Waals surface area contributed by atoms with Crippen LogP contribution in [0, 0.1) is 12.7 Å². The molecule has 1 aromatic carbocycles. The lowest BCUT2D eigenvalue weighted by molar-refractivity contribution is 0.610. The number of halogens is 1. The minimum atomic E-state index is -0.383. The van der Waals surface area contributed by atoms with Gasteiger partial charge in [0.05, 0.1) is 23.3 Å². The van der Waals surface area contributed by atoms with E-state index in [9.17, 15) is 4.39 Å². The Morgan fingerprint density at radius 2 is 2.04 bits per heavy atom. The molecule has 0 saturated carbocycles. The average molecular weight is 377 g/mol. The number of anilines is 2. The quantitative estimate of drug-likeness (QED) is 0.475. The zero-order chi connectivity index (χ0) is 19.5. The normalized spacial score (nSPS) is 12.2. The van der Waals surface area contributed by atoms with E-state index >= 15 is 0 Å². The fraction of sp³-hybridized carbons (Fsp3) is 0.200. The Morgan fingerprint density at radius 1 is 1.18 bits per heavy atom. The third-order valence-corrected chi connectivity index (χ3v) is 4.45. The molecule has 4 aromatic rings. The minimum Gasteiger partial charge on any atom is -0.330 e. The number of hydrogen-bond donors (Lipinski definition) is 3. The second-order valence-electron chi connectivity index (χ2n) is 6.54. The van der Waals surface area contributed by atoms with Gasteiger partial charge >= 0.3 is 0 Å². The van der Waals surface area contributed by atoms with Gasteiger partial charge in [0.25, 0.3) is 0 Å². The molecule has 0 aliphatic rings. The highest BCUT2D eigenvalue weighted by Gasteiger charge is 2.20. The number of hydrogen-bond acceptors (Lipinski definition) is 6. The third kappa shape index (κ3) is 3.67. The molecule has 142 valence electrons. The number of aryl methyl sites for hydroxylation is 1. The lowest BCUT2D eigenvalue weighted by Gasteiger charge is -2.17. The molecule has 7 nitrogen and oxygen atoms in total. The van der Waals surface area contributed by atoms with Crippen LogP contribution < -0.4 is 11.1 Å². The number of nitrogens with two attached hydrogens (primary N) is 1. The summed E-state index contributed by atoms with van der Waals surface area (Å²) in [6.07, 6.45) is 1.80. The fourth-order valence-electron chi connectivity index (χ4n) is 3.12. The Labute approximate surface area is 161 Å². The molecule has 0 saturated heterocycles. The van der Waals surface area contributed by atoms with E-state index in [0.717, 1.165) is 16.6 Å². The first-order valence-corrected chi connectivity index (χ1v) is 9.01. The summed E-state index contributed by atoms with van der Waals surface area (Å²) in [7, 11) is 0. The number of para-hydroxylation sites is 1. The number of fused-ring (bicyclic) bond motifs is 1. The maximum Gasteiger partial charge on any atom is 0.153 e. The van der Waals surface area contributed by atoms with Crippen molar-refractivity contribution >= 4 is 22.5 Å². The first kappa shape index (κ1) is 18.0. The molecule has 8 heteroatoms. The number of aromatic nitrogens is 5. The van der Waals surface area contributed by atoms with E-state index in [2.05, 4.69) is 20.5 Å². The zero-order valence-electron chi connectivity index (χ0n) is 15.4. The first-order valence-electron chi connectivity index (χ1n) is 9.01. The molecule has 28 heavy (non-hydrogen) atoms. The molecule has 3 heterocycles. The van der Waals surface area contributed by atoms with Gasteiger partial charge in [-0.25, -0.2) is 14.4 Å². The smallest absolute Gasteiger partial charge is 0.153 e. The number of nitrogens with one attached hydrogen (secondary N) is 2. The highest BCUT2D eigenvalue weighted by Crippen LogP contribution is 2.29. The van der Waals surface area contributed by atoms with Crippen LogP contribution in [-0.4, -0.2) is 31.7 Å².